The van der Waals surface area contributed by atoms with Crippen molar-refractivity contribution in [3.05, 3.63) is 34.9 Å². The third-order valence-electron chi connectivity index (χ3n) is 5.03. The van der Waals surface area contributed by atoms with Gasteiger partial charge in [0.1, 0.15) is 6.04 Å². The van der Waals surface area contributed by atoms with Crippen molar-refractivity contribution in [2.75, 3.05) is 7.11 Å². The van der Waals surface area contributed by atoms with Gasteiger partial charge in [0.05, 0.1) is 7.11 Å². The van der Waals surface area contributed by atoms with Gasteiger partial charge in [-0.15, -0.1) is 0 Å². The second-order valence-corrected chi connectivity index (χ2v) is 7.71. The lowest BCUT2D eigenvalue weighted by Gasteiger charge is -2.32. The molecule has 2 N–H and O–H groups in total. The second kappa shape index (κ2) is 9.81. The summed E-state index contributed by atoms with van der Waals surface area (Å²) in [7, 11) is 1.30. The van der Waals surface area contributed by atoms with Crippen LogP contribution in [0, 0.1) is 5.92 Å². The van der Waals surface area contributed by atoms with Crippen LogP contribution in [0.25, 0.3) is 0 Å². The lowest BCUT2D eigenvalue weighted by Crippen LogP contribution is -2.53. The van der Waals surface area contributed by atoms with Gasteiger partial charge in [-0.25, -0.2) is 4.79 Å². The minimum absolute atomic E-state index is 0.135. The number of nitrogens with one attached hydrogen (secondary N) is 2. The van der Waals surface area contributed by atoms with Gasteiger partial charge in [-0.3, -0.25) is 4.79 Å². The molecule has 1 fully saturated rings. The van der Waals surface area contributed by atoms with E-state index in [0.29, 0.717) is 5.02 Å². The molecule has 1 aliphatic rings. The minimum Gasteiger partial charge on any atom is -0.453 e. The summed E-state index contributed by atoms with van der Waals surface area (Å²) in [6.07, 6.45) is 4.85. The maximum Gasteiger partial charge on any atom is 0.407 e. The molecule has 2 rings (SSSR count). The predicted octanol–water partition coefficient (Wildman–Crippen LogP) is 4.25. The predicted molar refractivity (Wildman–Crippen MR) is 103 cm³/mol. The molecule has 1 saturated carbocycles. The molecular formula is C20H29ClN2O3. The summed E-state index contributed by atoms with van der Waals surface area (Å²) in [5.74, 6) is -0.207. The molecule has 0 radical (unpaired) electrons. The summed E-state index contributed by atoms with van der Waals surface area (Å²) in [6, 6.07) is 6.91. The molecule has 2 unspecified atom stereocenters. The van der Waals surface area contributed by atoms with Gasteiger partial charge >= 0.3 is 6.09 Å². The Morgan fingerprint density at radius 2 is 1.73 bits per heavy atom. The van der Waals surface area contributed by atoms with Gasteiger partial charge in [0.2, 0.25) is 5.91 Å². The molecule has 0 heterocycles. The molecule has 0 bridgehead atoms. The number of ether oxygens (including phenoxy) is 1. The lowest BCUT2D eigenvalue weighted by atomic mass is 9.81. The van der Waals surface area contributed by atoms with Crippen molar-refractivity contribution in [1.29, 1.82) is 0 Å². The van der Waals surface area contributed by atoms with E-state index in [2.05, 4.69) is 10.6 Å². The van der Waals surface area contributed by atoms with Crippen LogP contribution in [0.1, 0.15) is 57.4 Å². The molecule has 144 valence electrons. The number of hydrogen-bond acceptors (Lipinski definition) is 3. The van der Waals surface area contributed by atoms with Crippen LogP contribution in [0.3, 0.4) is 0 Å². The normalized spacial score (nSPS) is 17.4. The van der Waals surface area contributed by atoms with Crippen LogP contribution in [0.2, 0.25) is 5.02 Å². The summed E-state index contributed by atoms with van der Waals surface area (Å²) >= 11 is 6.00. The van der Waals surface area contributed by atoms with Crippen LogP contribution in [0.5, 0.6) is 0 Å². The quantitative estimate of drug-likeness (QED) is 0.775. The van der Waals surface area contributed by atoms with Crippen LogP contribution < -0.4 is 10.6 Å². The van der Waals surface area contributed by atoms with Gasteiger partial charge in [0.15, 0.2) is 0 Å². The van der Waals surface area contributed by atoms with Crippen LogP contribution in [-0.2, 0) is 9.53 Å². The number of methoxy groups -OCH3 is 1. The van der Waals surface area contributed by atoms with E-state index in [9.17, 15) is 9.59 Å². The Balaban J connectivity index is 2.25. The number of carbonyl (C=O) groups excluding carboxylic acids is 2. The number of rotatable bonds is 6. The van der Waals surface area contributed by atoms with Gasteiger partial charge in [0, 0.05) is 17.0 Å². The third-order valence-corrected chi connectivity index (χ3v) is 5.28. The Bertz CT molecular complexity index is 598. The molecule has 26 heavy (non-hydrogen) atoms. The summed E-state index contributed by atoms with van der Waals surface area (Å²) in [6.45, 7) is 4.08. The van der Waals surface area contributed by atoms with E-state index in [4.69, 9.17) is 16.3 Å². The van der Waals surface area contributed by atoms with E-state index < -0.39 is 12.1 Å². The van der Waals surface area contributed by atoms with E-state index in [0.717, 1.165) is 31.2 Å². The smallest absolute Gasteiger partial charge is 0.407 e. The molecule has 0 aromatic heterocycles. The average Bonchev–Trinajstić information content (AvgIpc) is 2.63. The SMILES string of the molecule is COC(=O)NC(C(=O)NC1CCCCC1)C(c1ccc(Cl)cc1)C(C)C. The Labute approximate surface area is 160 Å². The Kier molecular flexibility index (Phi) is 7.76. The first-order valence-electron chi connectivity index (χ1n) is 9.32. The number of carbonyl (C=O) groups is 2. The zero-order chi connectivity index (χ0) is 19.1. The maximum absolute atomic E-state index is 13.0. The van der Waals surface area contributed by atoms with Crippen molar-refractivity contribution in [1.82, 2.24) is 10.6 Å². The molecule has 5 nitrogen and oxygen atoms in total. The molecule has 0 aliphatic heterocycles. The zero-order valence-corrected chi connectivity index (χ0v) is 16.5. The highest BCUT2D eigenvalue weighted by molar-refractivity contribution is 6.30. The van der Waals surface area contributed by atoms with Gasteiger partial charge < -0.3 is 15.4 Å². The maximum atomic E-state index is 13.0. The van der Waals surface area contributed by atoms with E-state index >= 15 is 0 Å². The number of amides is 2. The van der Waals surface area contributed by atoms with Crippen molar-refractivity contribution in [2.24, 2.45) is 5.92 Å². The van der Waals surface area contributed by atoms with Gasteiger partial charge in [-0.1, -0.05) is 56.8 Å². The van der Waals surface area contributed by atoms with E-state index in [-0.39, 0.29) is 23.8 Å². The highest BCUT2D eigenvalue weighted by Gasteiger charge is 2.34. The third kappa shape index (κ3) is 5.63. The average molecular weight is 381 g/mol. The molecular weight excluding hydrogens is 352 g/mol. The first-order valence-corrected chi connectivity index (χ1v) is 9.70. The molecule has 1 aromatic carbocycles. The van der Waals surface area contributed by atoms with Crippen molar-refractivity contribution >= 4 is 23.6 Å². The van der Waals surface area contributed by atoms with E-state index in [1.54, 1.807) is 12.1 Å². The summed E-state index contributed by atoms with van der Waals surface area (Å²) in [5, 5.41) is 6.51. The molecule has 2 atom stereocenters. The van der Waals surface area contributed by atoms with Crippen LogP contribution in [0.4, 0.5) is 4.79 Å². The summed E-state index contributed by atoms with van der Waals surface area (Å²) in [5.41, 5.74) is 0.963. The molecule has 0 spiro atoms. The van der Waals surface area contributed by atoms with Crippen molar-refractivity contribution in [3.8, 4) is 0 Å². The standard InChI is InChI=1S/C20H29ClN2O3/c1-13(2)17(14-9-11-15(21)12-10-14)18(23-20(25)26-3)19(24)22-16-7-5-4-6-8-16/h9-13,16-18H,4-8H2,1-3H3,(H,22,24)(H,23,25). The highest BCUT2D eigenvalue weighted by atomic mass is 35.5. The number of hydrogen-bond donors (Lipinski definition) is 2. The number of alkyl carbamates (subject to hydrolysis) is 1. The summed E-state index contributed by atoms with van der Waals surface area (Å²) in [4.78, 5) is 24.9. The fourth-order valence-electron chi connectivity index (χ4n) is 3.69. The van der Waals surface area contributed by atoms with Crippen LogP contribution in [-0.4, -0.2) is 31.2 Å². The Hall–Kier alpha value is -1.75. The van der Waals surface area contributed by atoms with Gasteiger partial charge in [-0.2, -0.15) is 0 Å². The van der Waals surface area contributed by atoms with Crippen LogP contribution >= 0.6 is 11.6 Å². The van der Waals surface area contributed by atoms with Crippen molar-refractivity contribution < 1.29 is 14.3 Å². The Morgan fingerprint density at radius 3 is 2.27 bits per heavy atom. The lowest BCUT2D eigenvalue weighted by molar-refractivity contribution is -0.124. The first kappa shape index (κ1) is 20.6. The van der Waals surface area contributed by atoms with Crippen molar-refractivity contribution in [2.45, 2.75) is 64.0 Å². The number of benzene rings is 1. The van der Waals surface area contributed by atoms with E-state index in [1.807, 2.05) is 26.0 Å². The molecule has 2 amide bonds. The van der Waals surface area contributed by atoms with Gasteiger partial charge in [-0.05, 0) is 36.5 Å². The minimum atomic E-state index is -0.703. The first-order chi connectivity index (χ1) is 12.4. The Morgan fingerprint density at radius 1 is 1.12 bits per heavy atom. The summed E-state index contributed by atoms with van der Waals surface area (Å²) < 4.78 is 4.75. The second-order valence-electron chi connectivity index (χ2n) is 7.28. The fourth-order valence-corrected chi connectivity index (χ4v) is 3.82. The largest absolute Gasteiger partial charge is 0.453 e. The highest BCUT2D eigenvalue weighted by Crippen LogP contribution is 2.30. The van der Waals surface area contributed by atoms with Crippen LogP contribution in [0.15, 0.2) is 24.3 Å². The molecule has 1 aliphatic carbocycles. The molecule has 6 heteroatoms. The molecule has 0 saturated heterocycles. The number of halogens is 1. The zero-order valence-electron chi connectivity index (χ0n) is 15.8. The monoisotopic (exact) mass is 380 g/mol. The van der Waals surface area contributed by atoms with Crippen molar-refractivity contribution in [3.63, 3.8) is 0 Å². The topological polar surface area (TPSA) is 67.4 Å². The molecule has 1 aromatic rings. The van der Waals surface area contributed by atoms with E-state index in [1.165, 1.54) is 13.5 Å². The fraction of sp³-hybridized carbons (Fsp3) is 0.600. The van der Waals surface area contributed by atoms with Gasteiger partial charge in [0.25, 0.3) is 0 Å².